The number of epoxide rings is 2. The van der Waals surface area contributed by atoms with Gasteiger partial charge in [0.1, 0.15) is 23.1 Å². The zero-order chi connectivity index (χ0) is 31.6. The van der Waals surface area contributed by atoms with Gasteiger partial charge < -0.3 is 23.7 Å². The maximum absolute atomic E-state index is 13.7. The summed E-state index contributed by atoms with van der Waals surface area (Å²) in [6.07, 6.45) is 9.07. The fourth-order valence-electron chi connectivity index (χ4n) is 11.1. The average molecular weight is 601 g/mol. The predicted molar refractivity (Wildman–Crippen MR) is 158 cm³/mol. The lowest BCUT2D eigenvalue weighted by Crippen LogP contribution is -2.60. The molecular formula is C35H52O8. The van der Waals surface area contributed by atoms with Gasteiger partial charge in [-0.3, -0.25) is 14.4 Å². The summed E-state index contributed by atoms with van der Waals surface area (Å²) in [4.78, 5) is 38.5. The largest absolute Gasteiger partial charge is 0.469 e. The Morgan fingerprint density at radius 1 is 0.767 bits per heavy atom. The van der Waals surface area contributed by atoms with Crippen LogP contribution >= 0.6 is 0 Å². The molecule has 2 heterocycles. The number of ether oxygens (including phenoxy) is 5. The van der Waals surface area contributed by atoms with E-state index in [0.717, 1.165) is 44.9 Å². The van der Waals surface area contributed by atoms with Crippen molar-refractivity contribution in [3.05, 3.63) is 11.8 Å². The molecule has 8 nitrogen and oxygen atoms in total. The molecule has 0 aromatic carbocycles. The number of hydrogen-bond donors (Lipinski definition) is 0. The number of hydrogen-bond acceptors (Lipinski definition) is 8. The molecule has 0 amide bonds. The molecule has 0 N–H and O–H groups in total. The maximum atomic E-state index is 13.7. The lowest BCUT2D eigenvalue weighted by Gasteiger charge is -2.58. The van der Waals surface area contributed by atoms with Crippen LogP contribution in [-0.4, -0.2) is 53.5 Å². The standard InChI is InChI=1S/C35H52O8/c1-21(36)40-25-12-13-30(7)23(29(25,5)6)11-14-31(8)34(30,42-31)20-26(41-22(2)37)35-24-19-28(3,4)15-17-33(24,27(38)39-10)18-16-32(35,9)43-35/h20,23-25H,11-19H2,1-10H3/b26-20+/t23-,24+,25-,30-,31+,32?,33-,34-,35?/m0/s1. The number of carbonyl (C=O) groups excluding carboxylic acids is 3. The van der Waals surface area contributed by atoms with Gasteiger partial charge in [-0.15, -0.1) is 0 Å². The van der Waals surface area contributed by atoms with E-state index >= 15 is 0 Å². The van der Waals surface area contributed by atoms with E-state index in [4.69, 9.17) is 23.7 Å². The quantitative estimate of drug-likeness (QED) is 0.154. The number of esters is 3. The molecule has 0 spiro atoms. The smallest absolute Gasteiger partial charge is 0.312 e. The number of fused-ring (bicyclic) bond motifs is 6. The minimum Gasteiger partial charge on any atom is -0.469 e. The second-order valence-corrected chi connectivity index (χ2v) is 16.8. The Labute approximate surface area is 256 Å². The van der Waals surface area contributed by atoms with E-state index in [1.807, 2.05) is 0 Å². The highest BCUT2D eigenvalue weighted by Crippen LogP contribution is 2.77. The van der Waals surface area contributed by atoms with Crippen molar-refractivity contribution in [3.8, 4) is 0 Å². The van der Waals surface area contributed by atoms with Crippen molar-refractivity contribution in [2.45, 2.75) is 149 Å². The highest BCUT2D eigenvalue weighted by Gasteiger charge is 2.84. The molecule has 8 heteroatoms. The third-order valence-corrected chi connectivity index (χ3v) is 13.5. The van der Waals surface area contributed by atoms with Gasteiger partial charge in [0.2, 0.25) is 0 Å². The van der Waals surface area contributed by atoms with Gasteiger partial charge in [0.25, 0.3) is 0 Å². The van der Waals surface area contributed by atoms with Crippen molar-refractivity contribution in [3.63, 3.8) is 0 Å². The first kappa shape index (κ1) is 31.1. The van der Waals surface area contributed by atoms with E-state index in [0.29, 0.717) is 18.6 Å². The molecule has 43 heavy (non-hydrogen) atoms. The van der Waals surface area contributed by atoms with Crippen LogP contribution in [0.2, 0.25) is 0 Å². The average Bonchev–Trinajstić information content (AvgIpc) is 3.74. The number of rotatable bonds is 5. The van der Waals surface area contributed by atoms with E-state index in [1.165, 1.54) is 21.0 Å². The van der Waals surface area contributed by atoms with E-state index < -0.39 is 33.8 Å². The molecule has 0 aromatic rings. The lowest BCUT2D eigenvalue weighted by molar-refractivity contribution is -0.174. The first-order valence-electron chi connectivity index (χ1n) is 16.4. The third-order valence-electron chi connectivity index (χ3n) is 13.5. The van der Waals surface area contributed by atoms with Crippen LogP contribution in [0.3, 0.4) is 0 Å². The highest BCUT2D eigenvalue weighted by molar-refractivity contribution is 5.79. The maximum Gasteiger partial charge on any atom is 0.312 e. The lowest BCUT2D eigenvalue weighted by atomic mass is 9.45. The Morgan fingerprint density at radius 3 is 2.07 bits per heavy atom. The molecule has 2 unspecified atom stereocenters. The van der Waals surface area contributed by atoms with E-state index in [-0.39, 0.29) is 46.1 Å². The number of methoxy groups -OCH3 is 1. The van der Waals surface area contributed by atoms with Gasteiger partial charge in [-0.25, -0.2) is 0 Å². The van der Waals surface area contributed by atoms with Gasteiger partial charge >= 0.3 is 17.9 Å². The molecule has 6 rings (SSSR count). The Hall–Kier alpha value is -1.93. The van der Waals surface area contributed by atoms with Crippen molar-refractivity contribution in [2.75, 3.05) is 7.11 Å². The van der Waals surface area contributed by atoms with Crippen molar-refractivity contribution in [1.29, 1.82) is 0 Å². The van der Waals surface area contributed by atoms with Crippen molar-refractivity contribution in [1.82, 2.24) is 0 Å². The molecule has 240 valence electrons. The Morgan fingerprint density at radius 2 is 1.44 bits per heavy atom. The van der Waals surface area contributed by atoms with Crippen LogP contribution in [0, 0.1) is 33.5 Å². The SMILES string of the molecule is COC(=O)[C@]12CCC(C)(C)C[C@H]1C1(/C(=C\[C@@]34O[C@]3(C)CC[C@H]3C(C)(C)[C@@H](OC(C)=O)CC[C@@]34C)OC(C)=O)OC1(C)CC2. The topological polar surface area (TPSA) is 104 Å². The Balaban J connectivity index is 1.49. The molecule has 2 aliphatic heterocycles. The summed E-state index contributed by atoms with van der Waals surface area (Å²) in [5.74, 6) is -0.329. The number of carbonyl (C=O) groups is 3. The van der Waals surface area contributed by atoms with E-state index in [2.05, 4.69) is 54.5 Å². The van der Waals surface area contributed by atoms with Gasteiger partial charge in [-0.05, 0) is 89.0 Å². The second-order valence-electron chi connectivity index (χ2n) is 16.8. The van der Waals surface area contributed by atoms with Gasteiger partial charge in [-0.1, -0.05) is 34.6 Å². The van der Waals surface area contributed by atoms with Crippen LogP contribution in [0.4, 0.5) is 0 Å². The predicted octanol–water partition coefficient (Wildman–Crippen LogP) is 6.44. The summed E-state index contributed by atoms with van der Waals surface area (Å²) in [6.45, 7) is 18.5. The van der Waals surface area contributed by atoms with Gasteiger partial charge in [0.05, 0.1) is 18.1 Å². The van der Waals surface area contributed by atoms with Crippen molar-refractivity contribution in [2.24, 2.45) is 33.5 Å². The van der Waals surface area contributed by atoms with Gasteiger partial charge in [0, 0.05) is 30.6 Å². The molecule has 2 saturated heterocycles. The molecule has 4 saturated carbocycles. The summed E-state index contributed by atoms with van der Waals surface area (Å²) >= 11 is 0. The molecule has 0 aromatic heterocycles. The monoisotopic (exact) mass is 600 g/mol. The molecule has 0 radical (unpaired) electrons. The molecule has 4 aliphatic carbocycles. The Kier molecular flexibility index (Phi) is 6.56. The van der Waals surface area contributed by atoms with Crippen molar-refractivity contribution < 1.29 is 38.1 Å². The van der Waals surface area contributed by atoms with Crippen LogP contribution in [0.15, 0.2) is 11.8 Å². The van der Waals surface area contributed by atoms with Gasteiger partial charge in [-0.2, -0.15) is 0 Å². The van der Waals surface area contributed by atoms with Gasteiger partial charge in [0.15, 0.2) is 5.60 Å². The normalized spacial score (nSPS) is 48.8. The summed E-state index contributed by atoms with van der Waals surface area (Å²) < 4.78 is 31.3. The van der Waals surface area contributed by atoms with Crippen LogP contribution in [0.5, 0.6) is 0 Å². The fraction of sp³-hybridized carbons (Fsp3) is 0.857. The minimum atomic E-state index is -0.932. The Bertz CT molecular complexity index is 1280. The third kappa shape index (κ3) is 3.96. The van der Waals surface area contributed by atoms with E-state index in [1.54, 1.807) is 0 Å². The van der Waals surface area contributed by atoms with Crippen LogP contribution in [0.1, 0.15) is 120 Å². The van der Waals surface area contributed by atoms with Crippen LogP contribution < -0.4 is 0 Å². The van der Waals surface area contributed by atoms with Crippen LogP contribution in [0.25, 0.3) is 0 Å². The second kappa shape index (κ2) is 9.08. The summed E-state index contributed by atoms with van der Waals surface area (Å²) in [5, 5.41) is 0. The molecule has 0 bridgehead atoms. The fourth-order valence-corrected chi connectivity index (χ4v) is 11.1. The van der Waals surface area contributed by atoms with Crippen molar-refractivity contribution >= 4 is 17.9 Å². The molecular weight excluding hydrogens is 548 g/mol. The minimum absolute atomic E-state index is 0.00929. The summed E-state index contributed by atoms with van der Waals surface area (Å²) in [5.41, 5.74) is -3.88. The molecule has 6 aliphatic rings. The zero-order valence-electron chi connectivity index (χ0n) is 27.9. The molecule has 6 fully saturated rings. The molecule has 9 atom stereocenters. The summed E-state index contributed by atoms with van der Waals surface area (Å²) in [7, 11) is 1.48. The van der Waals surface area contributed by atoms with Crippen LogP contribution in [-0.2, 0) is 38.1 Å². The highest BCUT2D eigenvalue weighted by atomic mass is 16.7. The first-order valence-corrected chi connectivity index (χ1v) is 16.4. The summed E-state index contributed by atoms with van der Waals surface area (Å²) in [6, 6.07) is 0. The van der Waals surface area contributed by atoms with E-state index in [9.17, 15) is 14.4 Å². The zero-order valence-corrected chi connectivity index (χ0v) is 27.9. The first-order chi connectivity index (χ1) is 19.8.